The first-order chi connectivity index (χ1) is 11.5. The van der Waals surface area contributed by atoms with Gasteiger partial charge >= 0.3 is 6.03 Å². The lowest BCUT2D eigenvalue weighted by Gasteiger charge is -2.28. The van der Waals surface area contributed by atoms with E-state index in [2.05, 4.69) is 10.2 Å². The van der Waals surface area contributed by atoms with Crippen LogP contribution in [0.4, 0.5) is 16.2 Å². The van der Waals surface area contributed by atoms with Crippen LogP contribution < -0.4 is 10.2 Å². The molecule has 2 fully saturated rings. The summed E-state index contributed by atoms with van der Waals surface area (Å²) in [4.78, 5) is 40.1. The van der Waals surface area contributed by atoms with Gasteiger partial charge < -0.3 is 15.1 Å². The Morgan fingerprint density at radius 1 is 1.08 bits per heavy atom. The van der Waals surface area contributed by atoms with Gasteiger partial charge in [0.25, 0.3) is 5.91 Å². The average Bonchev–Trinajstić information content (AvgIpc) is 2.82. The number of rotatable bonds is 4. The highest BCUT2D eigenvalue weighted by Gasteiger charge is 2.34. The number of imide groups is 1. The summed E-state index contributed by atoms with van der Waals surface area (Å²) in [5.74, 6) is -0.726. The number of nitrogens with one attached hydrogen (secondary N) is 1. The summed E-state index contributed by atoms with van der Waals surface area (Å²) in [7, 11) is 1.54. The van der Waals surface area contributed by atoms with E-state index >= 15 is 0 Å². The molecule has 3 rings (SSSR count). The summed E-state index contributed by atoms with van der Waals surface area (Å²) in [6.45, 7) is 1.91. The third-order valence-electron chi connectivity index (χ3n) is 4.40. The number of piperidine rings is 1. The molecule has 0 aliphatic carbocycles. The van der Waals surface area contributed by atoms with Gasteiger partial charge in [-0.2, -0.15) is 0 Å². The summed E-state index contributed by atoms with van der Waals surface area (Å²) in [6, 6.07) is 7.24. The molecule has 0 unspecified atom stereocenters. The normalized spacial score (nSPS) is 18.3. The molecule has 0 spiro atoms. The van der Waals surface area contributed by atoms with Gasteiger partial charge in [-0.05, 0) is 43.5 Å². The topological polar surface area (TPSA) is 73.0 Å². The minimum atomic E-state index is -0.435. The fraction of sp³-hybridized carbons (Fsp3) is 0.471. The highest BCUT2D eigenvalue weighted by molar-refractivity contribution is 6.06. The Labute approximate surface area is 141 Å². The Bertz CT molecular complexity index is 638. The smallest absolute Gasteiger partial charge is 0.327 e. The molecule has 1 N–H and O–H groups in total. The number of amides is 4. The van der Waals surface area contributed by atoms with E-state index in [0.717, 1.165) is 23.7 Å². The largest absolute Gasteiger partial charge is 0.372 e. The van der Waals surface area contributed by atoms with Crippen molar-refractivity contribution in [3.8, 4) is 0 Å². The number of nitrogens with zero attached hydrogens (tertiary/aromatic N) is 3. The maximum absolute atomic E-state index is 12.1. The Balaban J connectivity index is 1.56. The molecule has 2 heterocycles. The number of benzene rings is 1. The summed E-state index contributed by atoms with van der Waals surface area (Å²) >= 11 is 0. The molecule has 1 aromatic rings. The predicted molar refractivity (Wildman–Crippen MR) is 90.9 cm³/mol. The van der Waals surface area contributed by atoms with Crippen LogP contribution in [-0.4, -0.2) is 60.9 Å². The zero-order valence-corrected chi connectivity index (χ0v) is 13.8. The van der Waals surface area contributed by atoms with Crippen molar-refractivity contribution in [2.24, 2.45) is 0 Å². The highest BCUT2D eigenvalue weighted by Crippen LogP contribution is 2.21. The standard InChI is InChI=1S/C17H22N4O3/c1-19-12-16(23)21(17(19)24)11-15(22)18-13-5-7-14(8-6-13)20-9-3-2-4-10-20/h5-8H,2-4,9-12H2,1H3,(H,18,22). The van der Waals surface area contributed by atoms with Crippen LogP contribution in [0.5, 0.6) is 0 Å². The SMILES string of the molecule is CN1CC(=O)N(CC(=O)Nc2ccc(N3CCCCC3)cc2)C1=O. The van der Waals surface area contributed by atoms with E-state index in [1.165, 1.54) is 31.2 Å². The number of likely N-dealkylation sites (N-methyl/N-ethyl adjacent to an activating group) is 1. The third-order valence-corrected chi connectivity index (χ3v) is 4.40. The summed E-state index contributed by atoms with van der Waals surface area (Å²) in [5, 5.41) is 2.73. The first-order valence-corrected chi connectivity index (χ1v) is 8.25. The quantitative estimate of drug-likeness (QED) is 0.850. The van der Waals surface area contributed by atoms with Gasteiger partial charge in [-0.15, -0.1) is 0 Å². The molecule has 0 atom stereocenters. The maximum atomic E-state index is 12.1. The van der Waals surface area contributed by atoms with E-state index < -0.39 is 6.03 Å². The van der Waals surface area contributed by atoms with Crippen molar-refractivity contribution in [1.82, 2.24) is 9.80 Å². The number of hydrogen-bond donors (Lipinski definition) is 1. The molecule has 7 heteroatoms. The molecule has 7 nitrogen and oxygen atoms in total. The molecule has 128 valence electrons. The highest BCUT2D eigenvalue weighted by atomic mass is 16.2. The van der Waals surface area contributed by atoms with Crippen LogP contribution >= 0.6 is 0 Å². The van der Waals surface area contributed by atoms with E-state index in [-0.39, 0.29) is 24.9 Å². The van der Waals surface area contributed by atoms with Gasteiger partial charge in [0.1, 0.15) is 13.1 Å². The zero-order valence-electron chi connectivity index (χ0n) is 13.8. The second kappa shape index (κ2) is 6.90. The number of carbonyl (C=O) groups excluding carboxylic acids is 3. The van der Waals surface area contributed by atoms with Crippen LogP contribution in [0.2, 0.25) is 0 Å². The first kappa shape index (κ1) is 16.3. The molecule has 0 bridgehead atoms. The number of hydrogen-bond acceptors (Lipinski definition) is 4. The van der Waals surface area contributed by atoms with Crippen LogP contribution in [0.3, 0.4) is 0 Å². The van der Waals surface area contributed by atoms with Crippen molar-refractivity contribution in [3.63, 3.8) is 0 Å². The number of anilines is 2. The Hall–Kier alpha value is -2.57. The number of urea groups is 1. The molecule has 2 aliphatic heterocycles. The second-order valence-corrected chi connectivity index (χ2v) is 6.26. The van der Waals surface area contributed by atoms with Gasteiger partial charge in [0.15, 0.2) is 0 Å². The Morgan fingerprint density at radius 3 is 2.33 bits per heavy atom. The zero-order chi connectivity index (χ0) is 17.1. The van der Waals surface area contributed by atoms with Gasteiger partial charge in [-0.25, -0.2) is 4.79 Å². The van der Waals surface area contributed by atoms with Crippen molar-refractivity contribution in [3.05, 3.63) is 24.3 Å². The van der Waals surface area contributed by atoms with Crippen molar-refractivity contribution < 1.29 is 14.4 Å². The number of carbonyl (C=O) groups is 3. The minimum absolute atomic E-state index is 0.0244. The second-order valence-electron chi connectivity index (χ2n) is 6.26. The monoisotopic (exact) mass is 330 g/mol. The lowest BCUT2D eigenvalue weighted by molar-refractivity contribution is -0.129. The predicted octanol–water partition coefficient (Wildman–Crippen LogP) is 1.51. The van der Waals surface area contributed by atoms with Gasteiger partial charge in [0.05, 0.1) is 0 Å². The lowest BCUT2D eigenvalue weighted by Crippen LogP contribution is -2.38. The van der Waals surface area contributed by atoms with Crippen molar-refractivity contribution in [2.45, 2.75) is 19.3 Å². The fourth-order valence-corrected chi connectivity index (χ4v) is 3.08. The van der Waals surface area contributed by atoms with E-state index in [4.69, 9.17) is 0 Å². The van der Waals surface area contributed by atoms with Crippen LogP contribution in [0, 0.1) is 0 Å². The fourth-order valence-electron chi connectivity index (χ4n) is 3.08. The average molecular weight is 330 g/mol. The third kappa shape index (κ3) is 3.50. The van der Waals surface area contributed by atoms with Crippen molar-refractivity contribution in [2.75, 3.05) is 43.4 Å². The molecular formula is C17H22N4O3. The van der Waals surface area contributed by atoms with Crippen LogP contribution in [0.25, 0.3) is 0 Å². The Kier molecular flexibility index (Phi) is 4.69. The van der Waals surface area contributed by atoms with Gasteiger partial charge in [-0.3, -0.25) is 14.5 Å². The molecule has 2 saturated heterocycles. The summed E-state index contributed by atoms with van der Waals surface area (Å²) in [6.07, 6.45) is 3.71. The summed E-state index contributed by atoms with van der Waals surface area (Å²) in [5.41, 5.74) is 1.81. The van der Waals surface area contributed by atoms with Crippen molar-refractivity contribution >= 4 is 29.2 Å². The minimum Gasteiger partial charge on any atom is -0.372 e. The molecule has 2 aliphatic rings. The Morgan fingerprint density at radius 2 is 1.75 bits per heavy atom. The van der Waals surface area contributed by atoms with Crippen molar-refractivity contribution in [1.29, 1.82) is 0 Å². The molecule has 4 amide bonds. The maximum Gasteiger partial charge on any atom is 0.327 e. The lowest BCUT2D eigenvalue weighted by atomic mass is 10.1. The molecular weight excluding hydrogens is 308 g/mol. The van der Waals surface area contributed by atoms with Crippen LogP contribution in [0.15, 0.2) is 24.3 Å². The summed E-state index contributed by atoms with van der Waals surface area (Å²) < 4.78 is 0. The van der Waals surface area contributed by atoms with Crippen LogP contribution in [-0.2, 0) is 9.59 Å². The van der Waals surface area contributed by atoms with Gasteiger partial charge in [0.2, 0.25) is 5.91 Å². The molecule has 0 radical (unpaired) electrons. The molecule has 24 heavy (non-hydrogen) atoms. The van der Waals surface area contributed by atoms with E-state index in [1.54, 1.807) is 0 Å². The molecule has 0 saturated carbocycles. The molecule has 1 aromatic carbocycles. The molecule has 0 aromatic heterocycles. The van der Waals surface area contributed by atoms with Crippen LogP contribution in [0.1, 0.15) is 19.3 Å². The van der Waals surface area contributed by atoms with Gasteiger partial charge in [-0.1, -0.05) is 0 Å². The van der Waals surface area contributed by atoms with E-state index in [1.807, 2.05) is 24.3 Å². The van der Waals surface area contributed by atoms with Gasteiger partial charge in [0, 0.05) is 31.5 Å². The van der Waals surface area contributed by atoms with E-state index in [9.17, 15) is 14.4 Å². The first-order valence-electron chi connectivity index (χ1n) is 8.25. The van der Waals surface area contributed by atoms with E-state index in [0.29, 0.717) is 5.69 Å².